The molecule has 2 atom stereocenters. The van der Waals surface area contributed by atoms with Gasteiger partial charge in [0.05, 0.1) is 15.1 Å². The average molecular weight is 522 g/mol. The molecule has 1 saturated carbocycles. The van der Waals surface area contributed by atoms with Crippen molar-refractivity contribution in [3.05, 3.63) is 75.4 Å². The Hall–Kier alpha value is -2.67. The molecule has 2 heterocycles. The van der Waals surface area contributed by atoms with Crippen molar-refractivity contribution in [2.75, 3.05) is 18.4 Å². The van der Waals surface area contributed by atoms with E-state index < -0.39 is 0 Å². The number of carbonyl (C=O) groups excluding carboxylic acids is 2. The molecule has 5 rings (SSSR count). The van der Waals surface area contributed by atoms with Gasteiger partial charge in [0.15, 0.2) is 0 Å². The summed E-state index contributed by atoms with van der Waals surface area (Å²) in [6.07, 6.45) is 6.13. The van der Waals surface area contributed by atoms with Crippen molar-refractivity contribution in [2.45, 2.75) is 51.1 Å². The fourth-order valence-corrected chi connectivity index (χ4v) is 6.33. The summed E-state index contributed by atoms with van der Waals surface area (Å²) in [5.74, 6) is -0.445. The summed E-state index contributed by atoms with van der Waals surface area (Å²) in [4.78, 5) is 29.0. The van der Waals surface area contributed by atoms with Gasteiger partial charge in [-0.15, -0.1) is 11.3 Å². The van der Waals surface area contributed by atoms with Crippen molar-refractivity contribution in [1.82, 2.24) is 10.2 Å². The lowest BCUT2D eigenvalue weighted by molar-refractivity contribution is -0.121. The molecule has 2 fully saturated rings. The molecule has 2 N–H and O–H groups in total. The quantitative estimate of drug-likeness (QED) is 0.368. The number of benzene rings is 2. The molecule has 7 heteroatoms. The first-order valence-corrected chi connectivity index (χ1v) is 14.0. The van der Waals surface area contributed by atoms with Crippen LogP contribution in [0.15, 0.2) is 60.7 Å². The Morgan fingerprint density at radius 2 is 1.67 bits per heavy atom. The number of anilines is 1. The molecule has 1 saturated heterocycles. The number of nitrogens with zero attached hydrogens (tertiary/aromatic N) is 1. The molecule has 2 amide bonds. The topological polar surface area (TPSA) is 61.4 Å². The summed E-state index contributed by atoms with van der Waals surface area (Å²) in [6, 6.07) is 20.0. The fourth-order valence-electron chi connectivity index (χ4n) is 5.38. The van der Waals surface area contributed by atoms with Gasteiger partial charge in [-0.3, -0.25) is 14.5 Å². The van der Waals surface area contributed by atoms with Crippen molar-refractivity contribution in [1.29, 1.82) is 0 Å². The van der Waals surface area contributed by atoms with Crippen LogP contribution in [0, 0.1) is 5.92 Å². The first kappa shape index (κ1) is 25.0. The van der Waals surface area contributed by atoms with Gasteiger partial charge >= 0.3 is 0 Å². The summed E-state index contributed by atoms with van der Waals surface area (Å²) in [6.45, 7) is 3.31. The predicted molar refractivity (Wildman–Crippen MR) is 148 cm³/mol. The number of carbonyl (C=O) groups is 2. The average Bonchev–Trinajstić information content (AvgIpc) is 3.57. The zero-order valence-electron chi connectivity index (χ0n) is 20.3. The third kappa shape index (κ3) is 6.00. The first-order chi connectivity index (χ1) is 17.6. The summed E-state index contributed by atoms with van der Waals surface area (Å²) < 4.78 is 0.584. The molecule has 188 valence electrons. The predicted octanol–water partition coefficient (Wildman–Crippen LogP) is 6.59. The van der Waals surface area contributed by atoms with Gasteiger partial charge in [0.25, 0.3) is 5.91 Å². The van der Waals surface area contributed by atoms with Crippen LogP contribution in [0.5, 0.6) is 0 Å². The summed E-state index contributed by atoms with van der Waals surface area (Å²) >= 11 is 7.24. The van der Waals surface area contributed by atoms with E-state index in [1.807, 2.05) is 12.1 Å². The van der Waals surface area contributed by atoms with E-state index in [1.165, 1.54) is 48.4 Å². The second-order valence-electron chi connectivity index (χ2n) is 9.78. The Kier molecular flexibility index (Phi) is 8.05. The van der Waals surface area contributed by atoms with Gasteiger partial charge in [0.1, 0.15) is 0 Å². The van der Waals surface area contributed by atoms with Crippen LogP contribution in [-0.4, -0.2) is 35.8 Å². The zero-order chi connectivity index (χ0) is 24.9. The number of likely N-dealkylation sites (tertiary alicyclic amines) is 1. The summed E-state index contributed by atoms with van der Waals surface area (Å²) in [5, 5.41) is 6.17. The largest absolute Gasteiger partial charge is 0.348 e. The van der Waals surface area contributed by atoms with Gasteiger partial charge in [-0.2, -0.15) is 0 Å². The zero-order valence-corrected chi connectivity index (χ0v) is 21.9. The SMILES string of the molecule is O=C(N[C@@H]1CCCC[C@@H]1C(=O)Nc1ccc(-c2ccccc2CN2CCCC2)cc1)c1ccc(Cl)s1. The molecule has 1 aliphatic heterocycles. The molecule has 5 nitrogen and oxygen atoms in total. The molecule has 0 unspecified atom stereocenters. The van der Waals surface area contributed by atoms with E-state index >= 15 is 0 Å². The van der Waals surface area contributed by atoms with Gasteiger partial charge in [-0.25, -0.2) is 0 Å². The van der Waals surface area contributed by atoms with Crippen molar-refractivity contribution in [2.24, 2.45) is 5.92 Å². The monoisotopic (exact) mass is 521 g/mol. The van der Waals surface area contributed by atoms with Crippen LogP contribution < -0.4 is 10.6 Å². The molecule has 1 aliphatic carbocycles. The molecule has 1 aromatic heterocycles. The minimum atomic E-state index is -0.251. The van der Waals surface area contributed by atoms with E-state index in [9.17, 15) is 9.59 Å². The Labute approximate surface area is 221 Å². The van der Waals surface area contributed by atoms with E-state index in [2.05, 4.69) is 51.9 Å². The first-order valence-electron chi connectivity index (χ1n) is 12.8. The molecule has 0 spiro atoms. The van der Waals surface area contributed by atoms with E-state index in [0.717, 1.165) is 43.5 Å². The number of hydrogen-bond acceptors (Lipinski definition) is 4. The Morgan fingerprint density at radius 3 is 2.42 bits per heavy atom. The van der Waals surface area contributed by atoms with Crippen molar-refractivity contribution in [3.8, 4) is 11.1 Å². The van der Waals surface area contributed by atoms with Gasteiger partial charge in [-0.05, 0) is 79.7 Å². The highest BCUT2D eigenvalue weighted by Crippen LogP contribution is 2.30. The van der Waals surface area contributed by atoms with Crippen molar-refractivity contribution < 1.29 is 9.59 Å². The molecule has 0 radical (unpaired) electrons. The molecular formula is C29H32ClN3O2S. The van der Waals surface area contributed by atoms with Gasteiger partial charge in [0.2, 0.25) is 5.91 Å². The summed E-state index contributed by atoms with van der Waals surface area (Å²) in [5.41, 5.74) is 4.51. The van der Waals surface area contributed by atoms with Crippen LogP contribution in [0.1, 0.15) is 53.8 Å². The Bertz CT molecular complexity index is 1200. The highest BCUT2D eigenvalue weighted by atomic mass is 35.5. The highest BCUT2D eigenvalue weighted by Gasteiger charge is 2.32. The number of hydrogen-bond donors (Lipinski definition) is 2. The second-order valence-corrected chi connectivity index (χ2v) is 11.5. The maximum Gasteiger partial charge on any atom is 0.261 e. The van der Waals surface area contributed by atoms with E-state index in [0.29, 0.717) is 9.21 Å². The number of thiophene rings is 1. The molecular weight excluding hydrogens is 490 g/mol. The lowest BCUT2D eigenvalue weighted by Crippen LogP contribution is -2.46. The van der Waals surface area contributed by atoms with E-state index in [4.69, 9.17) is 11.6 Å². The van der Waals surface area contributed by atoms with Crippen LogP contribution in [0.2, 0.25) is 4.34 Å². The van der Waals surface area contributed by atoms with Crippen LogP contribution in [0.25, 0.3) is 11.1 Å². The maximum absolute atomic E-state index is 13.2. The van der Waals surface area contributed by atoms with Gasteiger partial charge in [-0.1, -0.05) is 60.8 Å². The van der Waals surface area contributed by atoms with Crippen LogP contribution >= 0.6 is 22.9 Å². The molecule has 2 aromatic carbocycles. The minimum Gasteiger partial charge on any atom is -0.348 e. The van der Waals surface area contributed by atoms with E-state index in [-0.39, 0.29) is 23.8 Å². The third-order valence-electron chi connectivity index (χ3n) is 7.29. The molecule has 3 aromatic rings. The Balaban J connectivity index is 1.24. The third-order valence-corrected chi connectivity index (χ3v) is 8.52. The van der Waals surface area contributed by atoms with Crippen LogP contribution in [0.3, 0.4) is 0 Å². The lowest BCUT2D eigenvalue weighted by atomic mass is 9.83. The highest BCUT2D eigenvalue weighted by molar-refractivity contribution is 7.18. The fraction of sp³-hybridized carbons (Fsp3) is 0.379. The lowest BCUT2D eigenvalue weighted by Gasteiger charge is -2.31. The van der Waals surface area contributed by atoms with Crippen molar-refractivity contribution in [3.63, 3.8) is 0 Å². The number of halogens is 1. The number of nitrogens with one attached hydrogen (secondary N) is 2. The van der Waals surface area contributed by atoms with Crippen LogP contribution in [0.4, 0.5) is 5.69 Å². The standard InChI is InChI=1S/C29H32ClN3O2S/c30-27-16-15-26(36-27)29(35)32-25-10-4-3-9-24(25)28(34)31-22-13-11-20(12-14-22)23-8-2-1-7-21(23)19-33-17-5-6-18-33/h1-2,7-8,11-16,24-25H,3-6,9-10,17-19H2,(H,31,34)(H,32,35)/t24-,25+/m0/s1. The molecule has 2 aliphatic rings. The van der Waals surface area contributed by atoms with Gasteiger partial charge in [0, 0.05) is 18.3 Å². The van der Waals surface area contributed by atoms with E-state index in [1.54, 1.807) is 12.1 Å². The van der Waals surface area contributed by atoms with Gasteiger partial charge < -0.3 is 10.6 Å². The maximum atomic E-state index is 13.2. The Morgan fingerprint density at radius 1 is 0.917 bits per heavy atom. The van der Waals surface area contributed by atoms with Crippen molar-refractivity contribution >= 4 is 40.4 Å². The summed E-state index contributed by atoms with van der Waals surface area (Å²) in [7, 11) is 0. The second kappa shape index (κ2) is 11.6. The smallest absolute Gasteiger partial charge is 0.261 e. The molecule has 0 bridgehead atoms. The molecule has 36 heavy (non-hydrogen) atoms. The van der Waals surface area contributed by atoms with Crippen LogP contribution in [-0.2, 0) is 11.3 Å². The number of rotatable bonds is 7. The minimum absolute atomic E-state index is 0.0357. The normalized spacial score (nSPS) is 20.2. The number of amides is 2.